The zero-order valence-corrected chi connectivity index (χ0v) is 20.1. The topological polar surface area (TPSA) is 65.4 Å². The number of nitrogens with zero attached hydrogens (tertiary/aromatic N) is 2. The molecule has 36 heavy (non-hydrogen) atoms. The molecule has 2 aliphatic heterocycles. The normalized spacial score (nSPS) is 16.1. The number of rotatable bonds is 6. The average Bonchev–Trinajstić information content (AvgIpc) is 3.34. The van der Waals surface area contributed by atoms with Gasteiger partial charge in [-0.1, -0.05) is 24.3 Å². The molecule has 2 aliphatic rings. The Bertz CT molecular complexity index is 1360. The first-order valence-corrected chi connectivity index (χ1v) is 12.0. The number of methoxy groups -OCH3 is 1. The Morgan fingerprint density at radius 1 is 1.06 bits per heavy atom. The third-order valence-corrected chi connectivity index (χ3v) is 7.31. The number of nitrogens with one attached hydrogen (secondary N) is 1. The molecule has 5 nitrogen and oxygen atoms in total. The second kappa shape index (κ2) is 9.81. The van der Waals surface area contributed by atoms with Crippen LogP contribution in [0.4, 0.5) is 8.78 Å². The Labute approximate surface area is 209 Å². The number of likely N-dealkylation sites (tertiary alicyclic amines) is 1. The van der Waals surface area contributed by atoms with E-state index in [1.165, 1.54) is 18.2 Å². The summed E-state index contributed by atoms with van der Waals surface area (Å²) >= 11 is 0. The standard InChI is InChI=1S/C29H27F2N3O2/c1-36-11-8-19-2-6-24(27(31)12-19)23-7-5-21(28(35)34-10-9-29(18-34)16-33-17-29)13-25(23)20-3-4-22(15-32)26(30)14-20/h2-7,12-14,33H,8-11,16-18H2,1H3. The van der Waals surface area contributed by atoms with Gasteiger partial charge in [0.15, 0.2) is 0 Å². The summed E-state index contributed by atoms with van der Waals surface area (Å²) in [5.41, 5.74) is 3.29. The summed E-state index contributed by atoms with van der Waals surface area (Å²) in [4.78, 5) is 15.3. The zero-order chi connectivity index (χ0) is 25.3. The van der Waals surface area contributed by atoms with Gasteiger partial charge in [-0.3, -0.25) is 4.79 Å². The first kappa shape index (κ1) is 24.1. The fourth-order valence-electron chi connectivity index (χ4n) is 5.13. The van der Waals surface area contributed by atoms with Crippen LogP contribution < -0.4 is 5.32 Å². The first-order valence-electron chi connectivity index (χ1n) is 12.0. The Morgan fingerprint density at radius 2 is 1.86 bits per heavy atom. The van der Waals surface area contributed by atoms with Crippen LogP contribution in [0.2, 0.25) is 0 Å². The SMILES string of the molecule is COCCc1ccc(-c2ccc(C(=O)N3CCC4(CNC4)C3)cc2-c2ccc(C#N)c(F)c2)c(F)c1. The quantitative estimate of drug-likeness (QED) is 0.543. The fourth-order valence-corrected chi connectivity index (χ4v) is 5.13. The number of amides is 1. The van der Waals surface area contributed by atoms with Crippen LogP contribution in [-0.2, 0) is 11.2 Å². The molecule has 0 atom stereocenters. The highest BCUT2D eigenvalue weighted by molar-refractivity contribution is 5.98. The van der Waals surface area contributed by atoms with Gasteiger partial charge in [-0.15, -0.1) is 0 Å². The molecule has 2 heterocycles. The number of nitriles is 1. The highest BCUT2D eigenvalue weighted by Crippen LogP contribution is 2.38. The van der Waals surface area contributed by atoms with Crippen molar-refractivity contribution in [1.29, 1.82) is 5.26 Å². The Balaban J connectivity index is 1.55. The van der Waals surface area contributed by atoms with Crippen molar-refractivity contribution in [2.45, 2.75) is 12.8 Å². The molecule has 184 valence electrons. The van der Waals surface area contributed by atoms with Crippen molar-refractivity contribution in [2.75, 3.05) is 39.9 Å². The van der Waals surface area contributed by atoms with E-state index in [0.29, 0.717) is 53.9 Å². The third-order valence-electron chi connectivity index (χ3n) is 7.31. The summed E-state index contributed by atoms with van der Waals surface area (Å²) in [6.07, 6.45) is 1.56. The molecule has 1 N–H and O–H groups in total. The van der Waals surface area contributed by atoms with E-state index in [2.05, 4.69) is 5.32 Å². The molecule has 0 bridgehead atoms. The minimum atomic E-state index is -0.660. The molecule has 1 amide bonds. The van der Waals surface area contributed by atoms with Crippen molar-refractivity contribution in [2.24, 2.45) is 5.41 Å². The summed E-state index contributed by atoms with van der Waals surface area (Å²) < 4.78 is 34.9. The van der Waals surface area contributed by atoms with Gasteiger partial charge in [0.1, 0.15) is 17.7 Å². The monoisotopic (exact) mass is 487 g/mol. The van der Waals surface area contributed by atoms with E-state index in [-0.39, 0.29) is 16.9 Å². The van der Waals surface area contributed by atoms with Crippen molar-refractivity contribution in [3.05, 3.63) is 82.9 Å². The molecule has 1 spiro atoms. The van der Waals surface area contributed by atoms with Crippen molar-refractivity contribution in [1.82, 2.24) is 10.2 Å². The molecule has 0 unspecified atom stereocenters. The van der Waals surface area contributed by atoms with Crippen LogP contribution in [0.5, 0.6) is 0 Å². The van der Waals surface area contributed by atoms with E-state index in [0.717, 1.165) is 25.1 Å². The second-order valence-corrected chi connectivity index (χ2v) is 9.70. The fraction of sp³-hybridized carbons (Fsp3) is 0.310. The van der Waals surface area contributed by atoms with Gasteiger partial charge in [0, 0.05) is 49.8 Å². The largest absolute Gasteiger partial charge is 0.384 e. The lowest BCUT2D eigenvalue weighted by Gasteiger charge is -2.39. The van der Waals surface area contributed by atoms with Gasteiger partial charge >= 0.3 is 0 Å². The molecule has 2 fully saturated rings. The molecule has 0 saturated carbocycles. The van der Waals surface area contributed by atoms with Gasteiger partial charge in [-0.2, -0.15) is 5.26 Å². The van der Waals surface area contributed by atoms with Crippen LogP contribution >= 0.6 is 0 Å². The van der Waals surface area contributed by atoms with Crippen LogP contribution in [0.3, 0.4) is 0 Å². The minimum Gasteiger partial charge on any atom is -0.384 e. The highest BCUT2D eigenvalue weighted by atomic mass is 19.1. The lowest BCUT2D eigenvalue weighted by molar-refractivity contribution is 0.0752. The number of halogens is 2. The molecule has 0 radical (unpaired) electrons. The van der Waals surface area contributed by atoms with Crippen LogP contribution in [0.25, 0.3) is 22.3 Å². The van der Waals surface area contributed by atoms with E-state index >= 15 is 4.39 Å². The number of ether oxygens (including phenoxy) is 1. The number of hydrogen-bond donors (Lipinski definition) is 1. The van der Waals surface area contributed by atoms with Gasteiger partial charge < -0.3 is 15.0 Å². The van der Waals surface area contributed by atoms with Crippen molar-refractivity contribution in [3.8, 4) is 28.3 Å². The first-order chi connectivity index (χ1) is 17.4. The minimum absolute atomic E-state index is 0.0716. The predicted molar refractivity (Wildman–Crippen MR) is 133 cm³/mol. The maximum Gasteiger partial charge on any atom is 0.253 e. The molecule has 2 saturated heterocycles. The lowest BCUT2D eigenvalue weighted by Crippen LogP contribution is -2.55. The van der Waals surface area contributed by atoms with Crippen molar-refractivity contribution < 1.29 is 18.3 Å². The van der Waals surface area contributed by atoms with E-state index in [9.17, 15) is 9.18 Å². The Hall–Kier alpha value is -3.60. The summed E-state index contributed by atoms with van der Waals surface area (Å²) in [6, 6.07) is 16.3. The number of hydrogen-bond acceptors (Lipinski definition) is 4. The average molecular weight is 488 g/mol. The third kappa shape index (κ3) is 4.50. The molecule has 7 heteroatoms. The molecular weight excluding hydrogens is 460 g/mol. The molecule has 0 aromatic heterocycles. The van der Waals surface area contributed by atoms with Gasteiger partial charge in [-0.25, -0.2) is 8.78 Å². The summed E-state index contributed by atoms with van der Waals surface area (Å²) in [7, 11) is 1.60. The summed E-state index contributed by atoms with van der Waals surface area (Å²) in [5.74, 6) is -1.15. The maximum absolute atomic E-state index is 15.3. The predicted octanol–water partition coefficient (Wildman–Crippen LogP) is 4.79. The lowest BCUT2D eigenvalue weighted by atomic mass is 9.81. The zero-order valence-electron chi connectivity index (χ0n) is 20.1. The number of benzene rings is 3. The van der Waals surface area contributed by atoms with E-state index in [4.69, 9.17) is 10.00 Å². The smallest absolute Gasteiger partial charge is 0.253 e. The Kier molecular flexibility index (Phi) is 6.57. The number of carbonyl (C=O) groups excluding carboxylic acids is 1. The summed E-state index contributed by atoms with van der Waals surface area (Å²) in [5, 5.41) is 12.4. The molecule has 3 aromatic carbocycles. The van der Waals surface area contributed by atoms with E-state index in [1.807, 2.05) is 17.0 Å². The highest BCUT2D eigenvalue weighted by Gasteiger charge is 2.44. The molecule has 3 aromatic rings. The van der Waals surface area contributed by atoms with Crippen LogP contribution in [0, 0.1) is 28.4 Å². The van der Waals surface area contributed by atoms with Gasteiger partial charge in [-0.05, 0) is 65.4 Å². The molecule has 0 aliphatic carbocycles. The van der Waals surface area contributed by atoms with Crippen LogP contribution in [0.1, 0.15) is 27.9 Å². The van der Waals surface area contributed by atoms with E-state index in [1.54, 1.807) is 37.4 Å². The van der Waals surface area contributed by atoms with Crippen LogP contribution in [-0.4, -0.2) is 50.7 Å². The molecular formula is C29H27F2N3O2. The van der Waals surface area contributed by atoms with Gasteiger partial charge in [0.2, 0.25) is 0 Å². The Morgan fingerprint density at radius 3 is 2.50 bits per heavy atom. The van der Waals surface area contributed by atoms with Crippen molar-refractivity contribution in [3.63, 3.8) is 0 Å². The van der Waals surface area contributed by atoms with E-state index < -0.39 is 11.6 Å². The van der Waals surface area contributed by atoms with Crippen LogP contribution in [0.15, 0.2) is 54.6 Å². The van der Waals surface area contributed by atoms with Crippen molar-refractivity contribution >= 4 is 5.91 Å². The molecule has 5 rings (SSSR count). The second-order valence-electron chi connectivity index (χ2n) is 9.70. The van der Waals surface area contributed by atoms with Gasteiger partial charge in [0.05, 0.1) is 12.2 Å². The number of carbonyl (C=O) groups is 1. The summed E-state index contributed by atoms with van der Waals surface area (Å²) in [6.45, 7) is 3.73. The van der Waals surface area contributed by atoms with Gasteiger partial charge in [0.25, 0.3) is 5.91 Å². The maximum atomic E-state index is 15.3.